The average molecular weight is 410 g/mol. The fourth-order valence-electron chi connectivity index (χ4n) is 2.83. The highest BCUT2D eigenvalue weighted by atomic mass is 32.2. The Morgan fingerprint density at radius 3 is 2.82 bits per heavy atom. The first kappa shape index (κ1) is 18.7. The molecule has 142 valence electrons. The monoisotopic (exact) mass is 409 g/mol. The third-order valence-electron chi connectivity index (χ3n) is 4.37. The lowest BCUT2D eigenvalue weighted by Gasteiger charge is -2.12. The Labute approximate surface area is 171 Å². The summed E-state index contributed by atoms with van der Waals surface area (Å²) in [7, 11) is 0. The highest BCUT2D eigenvalue weighted by molar-refractivity contribution is 8.00. The van der Waals surface area contributed by atoms with E-state index in [9.17, 15) is 4.79 Å². The van der Waals surface area contributed by atoms with E-state index in [0.29, 0.717) is 6.54 Å². The summed E-state index contributed by atoms with van der Waals surface area (Å²) in [6.07, 6.45) is 3.16. The van der Waals surface area contributed by atoms with Crippen LogP contribution in [0.4, 0.5) is 0 Å². The normalized spacial score (nSPS) is 12.2. The lowest BCUT2D eigenvalue weighted by atomic mass is 10.1. The van der Waals surface area contributed by atoms with Crippen LogP contribution in [0, 0.1) is 6.92 Å². The highest BCUT2D eigenvalue weighted by Gasteiger charge is 2.20. The van der Waals surface area contributed by atoms with Gasteiger partial charge in [-0.15, -0.1) is 11.3 Å². The van der Waals surface area contributed by atoms with Crippen LogP contribution in [0.1, 0.15) is 18.2 Å². The Morgan fingerprint density at radius 2 is 2.07 bits per heavy atom. The van der Waals surface area contributed by atoms with Gasteiger partial charge in [0.25, 0.3) is 0 Å². The van der Waals surface area contributed by atoms with E-state index in [-0.39, 0.29) is 11.2 Å². The van der Waals surface area contributed by atoms with Gasteiger partial charge in [-0.2, -0.15) is 0 Å². The molecule has 0 bridgehead atoms. The SMILES string of the molecule is Cc1ccc(-c2csc3ncnc(S[C@H](C)C(=O)NCc4ccco4)c23)cc1. The molecule has 0 aliphatic rings. The van der Waals surface area contributed by atoms with Crippen LogP contribution >= 0.6 is 23.1 Å². The molecule has 3 aromatic heterocycles. The van der Waals surface area contributed by atoms with Gasteiger partial charge in [0.05, 0.1) is 23.4 Å². The second-order valence-corrected chi connectivity index (χ2v) is 8.62. The number of rotatable bonds is 6. The quantitative estimate of drug-likeness (QED) is 0.356. The van der Waals surface area contributed by atoms with Crippen LogP contribution in [-0.4, -0.2) is 21.1 Å². The van der Waals surface area contributed by atoms with Crippen molar-refractivity contribution < 1.29 is 9.21 Å². The zero-order valence-electron chi connectivity index (χ0n) is 15.5. The Bertz CT molecular complexity index is 1090. The third-order valence-corrected chi connectivity index (χ3v) is 6.36. The molecule has 1 aromatic carbocycles. The predicted octanol–water partition coefficient (Wildman–Crippen LogP) is 5.06. The van der Waals surface area contributed by atoms with Crippen LogP contribution < -0.4 is 5.32 Å². The lowest BCUT2D eigenvalue weighted by molar-refractivity contribution is -0.120. The molecule has 0 fully saturated rings. The smallest absolute Gasteiger partial charge is 0.233 e. The number of carbonyl (C=O) groups excluding carboxylic acids is 1. The zero-order valence-corrected chi connectivity index (χ0v) is 17.1. The first-order valence-corrected chi connectivity index (χ1v) is 10.6. The van der Waals surface area contributed by atoms with E-state index in [1.54, 1.807) is 30.0 Å². The summed E-state index contributed by atoms with van der Waals surface area (Å²) in [6, 6.07) is 12.1. The van der Waals surface area contributed by atoms with Crippen molar-refractivity contribution in [2.24, 2.45) is 0 Å². The molecule has 0 radical (unpaired) electrons. The average Bonchev–Trinajstić information content (AvgIpc) is 3.37. The maximum Gasteiger partial charge on any atom is 0.233 e. The molecular formula is C21H19N3O2S2. The van der Waals surface area contributed by atoms with Gasteiger partial charge in [-0.1, -0.05) is 41.6 Å². The predicted molar refractivity (Wildman–Crippen MR) is 113 cm³/mol. The molecule has 1 N–H and O–H groups in total. The largest absolute Gasteiger partial charge is 0.467 e. The van der Waals surface area contributed by atoms with Crippen LogP contribution in [0.5, 0.6) is 0 Å². The standard InChI is InChI=1S/C21H19N3O2S2/c1-13-5-7-15(8-6-13)17-11-27-20-18(17)21(24-12-23-20)28-14(2)19(25)22-10-16-4-3-9-26-16/h3-9,11-12,14H,10H2,1-2H3,(H,22,25)/t14-/m1/s1. The van der Waals surface area contributed by atoms with Crippen molar-refractivity contribution in [2.45, 2.75) is 30.7 Å². The Balaban J connectivity index is 1.57. The maximum absolute atomic E-state index is 12.5. The minimum atomic E-state index is -0.293. The number of benzene rings is 1. The van der Waals surface area contributed by atoms with E-state index in [2.05, 4.69) is 51.9 Å². The van der Waals surface area contributed by atoms with Gasteiger partial charge >= 0.3 is 0 Å². The molecule has 1 amide bonds. The van der Waals surface area contributed by atoms with Crippen molar-refractivity contribution in [3.63, 3.8) is 0 Å². The number of nitrogens with zero attached hydrogens (tertiary/aromatic N) is 2. The second kappa shape index (κ2) is 8.16. The molecule has 0 aliphatic heterocycles. The van der Waals surface area contributed by atoms with E-state index < -0.39 is 0 Å². The zero-order chi connectivity index (χ0) is 19.5. The number of hydrogen-bond donors (Lipinski definition) is 1. The number of hydrogen-bond acceptors (Lipinski definition) is 6. The van der Waals surface area contributed by atoms with Crippen LogP contribution in [-0.2, 0) is 11.3 Å². The number of amides is 1. The van der Waals surface area contributed by atoms with Crippen molar-refractivity contribution in [1.82, 2.24) is 15.3 Å². The van der Waals surface area contributed by atoms with Crippen LogP contribution in [0.3, 0.4) is 0 Å². The van der Waals surface area contributed by atoms with Crippen molar-refractivity contribution in [1.29, 1.82) is 0 Å². The van der Waals surface area contributed by atoms with Crippen LogP contribution in [0.25, 0.3) is 21.3 Å². The molecule has 0 saturated carbocycles. The Morgan fingerprint density at radius 1 is 1.25 bits per heavy atom. The van der Waals surface area contributed by atoms with Crippen molar-refractivity contribution in [3.8, 4) is 11.1 Å². The van der Waals surface area contributed by atoms with E-state index in [1.807, 2.05) is 13.0 Å². The van der Waals surface area contributed by atoms with Gasteiger partial charge in [0, 0.05) is 10.9 Å². The summed E-state index contributed by atoms with van der Waals surface area (Å²) < 4.78 is 5.26. The minimum absolute atomic E-state index is 0.0553. The van der Waals surface area contributed by atoms with Gasteiger partial charge < -0.3 is 9.73 Å². The topological polar surface area (TPSA) is 68.0 Å². The van der Waals surface area contributed by atoms with Crippen molar-refractivity contribution >= 4 is 39.2 Å². The van der Waals surface area contributed by atoms with E-state index in [0.717, 1.165) is 32.1 Å². The number of carbonyl (C=O) groups is 1. The minimum Gasteiger partial charge on any atom is -0.467 e. The molecule has 5 nitrogen and oxygen atoms in total. The molecule has 7 heteroatoms. The fraction of sp³-hybridized carbons (Fsp3) is 0.190. The van der Waals surface area contributed by atoms with Crippen molar-refractivity contribution in [2.75, 3.05) is 0 Å². The van der Waals surface area contributed by atoms with Crippen LogP contribution in [0.15, 0.2) is 63.8 Å². The molecule has 3 heterocycles. The summed E-state index contributed by atoms with van der Waals surface area (Å²) in [5, 5.41) is 6.55. The van der Waals surface area contributed by atoms with Gasteiger partial charge in [0.15, 0.2) is 0 Å². The number of nitrogens with one attached hydrogen (secondary N) is 1. The summed E-state index contributed by atoms with van der Waals surface area (Å²) in [6.45, 7) is 4.33. The summed E-state index contributed by atoms with van der Waals surface area (Å²) in [4.78, 5) is 22.3. The van der Waals surface area contributed by atoms with E-state index >= 15 is 0 Å². The highest BCUT2D eigenvalue weighted by Crippen LogP contribution is 2.39. The number of thioether (sulfide) groups is 1. The molecule has 0 aliphatic carbocycles. The summed E-state index contributed by atoms with van der Waals surface area (Å²) >= 11 is 3.04. The van der Waals surface area contributed by atoms with Crippen molar-refractivity contribution in [3.05, 3.63) is 65.7 Å². The van der Waals surface area contributed by atoms with Gasteiger partial charge in [-0.05, 0) is 31.5 Å². The summed E-state index contributed by atoms with van der Waals surface area (Å²) in [5.41, 5.74) is 3.45. The Hall–Kier alpha value is -2.64. The lowest BCUT2D eigenvalue weighted by Crippen LogP contribution is -2.30. The summed E-state index contributed by atoms with van der Waals surface area (Å²) in [5.74, 6) is 0.676. The molecule has 0 saturated heterocycles. The molecule has 4 rings (SSSR count). The Kier molecular flexibility index (Phi) is 5.45. The van der Waals surface area contributed by atoms with Crippen LogP contribution in [0.2, 0.25) is 0 Å². The molecule has 0 spiro atoms. The molecular weight excluding hydrogens is 390 g/mol. The third kappa shape index (κ3) is 3.95. The second-order valence-electron chi connectivity index (χ2n) is 6.43. The molecule has 1 atom stereocenters. The first-order chi connectivity index (χ1) is 13.6. The number of aromatic nitrogens is 2. The van der Waals surface area contributed by atoms with Gasteiger partial charge in [0.1, 0.15) is 21.9 Å². The maximum atomic E-state index is 12.5. The molecule has 0 unspecified atom stereocenters. The first-order valence-electron chi connectivity index (χ1n) is 8.88. The fourth-order valence-corrected chi connectivity index (χ4v) is 4.77. The van der Waals surface area contributed by atoms with Gasteiger partial charge in [-0.25, -0.2) is 9.97 Å². The molecule has 4 aromatic rings. The number of thiophene rings is 1. The number of furan rings is 1. The number of fused-ring (bicyclic) bond motifs is 1. The van der Waals surface area contributed by atoms with E-state index in [1.165, 1.54) is 17.3 Å². The number of aryl methyl sites for hydroxylation is 1. The molecule has 28 heavy (non-hydrogen) atoms. The van der Waals surface area contributed by atoms with Gasteiger partial charge in [-0.3, -0.25) is 4.79 Å². The van der Waals surface area contributed by atoms with Gasteiger partial charge in [0.2, 0.25) is 5.91 Å². The van der Waals surface area contributed by atoms with E-state index in [4.69, 9.17) is 4.42 Å².